The number of anilines is 1. The average Bonchev–Trinajstić information content (AvgIpc) is 2.85. The maximum absolute atomic E-state index is 4.69. The average molecular weight is 527 g/mol. The van der Waals surface area contributed by atoms with E-state index in [1.165, 1.54) is 25.0 Å². The summed E-state index contributed by atoms with van der Waals surface area (Å²) >= 11 is 5.90. The minimum absolute atomic E-state index is 0.474. The molecule has 2 aliphatic rings. The van der Waals surface area contributed by atoms with Crippen molar-refractivity contribution < 1.29 is 0 Å². The van der Waals surface area contributed by atoms with Gasteiger partial charge in [0.2, 0.25) is 0 Å². The van der Waals surface area contributed by atoms with E-state index in [0.29, 0.717) is 52.0 Å². The van der Waals surface area contributed by atoms with Gasteiger partial charge < -0.3 is 0 Å². The van der Waals surface area contributed by atoms with Crippen molar-refractivity contribution in [3.8, 4) is 0 Å². The second kappa shape index (κ2) is 4.53. The van der Waals surface area contributed by atoms with Gasteiger partial charge in [-0.3, -0.25) is 0 Å². The van der Waals surface area contributed by atoms with Gasteiger partial charge in [0.1, 0.15) is 0 Å². The summed E-state index contributed by atoms with van der Waals surface area (Å²) in [7, 11) is 0. The molecule has 0 aromatic carbocycles. The standard InChI is InChI=1S/C7H5BrN3Se4/c1-2-11-6-4(12-14-9-6)3(8)5-7(11)10-15-13-5/h2H2,1H3/q+1. The summed E-state index contributed by atoms with van der Waals surface area (Å²) in [6, 6.07) is 0. The topological polar surface area (TPSA) is 28.5 Å². The van der Waals surface area contributed by atoms with Crippen LogP contribution in [-0.4, -0.2) is 68.3 Å². The van der Waals surface area contributed by atoms with Crippen molar-refractivity contribution in [3.63, 3.8) is 0 Å². The predicted molar refractivity (Wildman–Crippen MR) is 70.3 cm³/mol. The summed E-state index contributed by atoms with van der Waals surface area (Å²) in [5.41, 5.74) is 0. The quantitative estimate of drug-likeness (QED) is 0.483. The molecule has 0 spiro atoms. The summed E-state index contributed by atoms with van der Waals surface area (Å²) < 4.78 is 13.7. The third kappa shape index (κ3) is 1.75. The van der Waals surface area contributed by atoms with Crippen LogP contribution in [0, 0.1) is 0 Å². The van der Waals surface area contributed by atoms with Crippen LogP contribution in [0.2, 0.25) is 0 Å². The van der Waals surface area contributed by atoms with E-state index in [0.717, 1.165) is 6.54 Å². The van der Waals surface area contributed by atoms with E-state index in [9.17, 15) is 0 Å². The van der Waals surface area contributed by atoms with E-state index in [-0.39, 0.29) is 0 Å². The Morgan fingerprint density at radius 2 is 2.40 bits per heavy atom. The van der Waals surface area contributed by atoms with Crippen molar-refractivity contribution in [3.05, 3.63) is 8.91 Å². The molecule has 2 aliphatic heterocycles. The molecule has 0 unspecified atom stereocenters. The molecule has 0 amide bonds. The Hall–Kier alpha value is 1.31. The summed E-state index contributed by atoms with van der Waals surface area (Å²) in [6.45, 7) is 3.19. The third-order valence-electron chi connectivity index (χ3n) is 2.12. The Morgan fingerprint density at radius 3 is 3.20 bits per heavy atom. The number of halogens is 1. The zero-order valence-electron chi connectivity index (χ0n) is 7.56. The van der Waals surface area contributed by atoms with Crippen LogP contribution in [0.25, 0.3) is 4.48 Å². The molecule has 78 valence electrons. The summed E-state index contributed by atoms with van der Waals surface area (Å²) in [5.74, 6) is 2.45. The molecule has 0 aliphatic carbocycles. The number of fused-ring (bicyclic) bond motifs is 2. The molecule has 0 bridgehead atoms. The van der Waals surface area contributed by atoms with Crippen molar-refractivity contribution in [1.29, 1.82) is 0 Å². The summed E-state index contributed by atoms with van der Waals surface area (Å²) in [5, 5.41) is 0. The second-order valence-corrected chi connectivity index (χ2v) is 14.3. The minimum atomic E-state index is 0.474. The van der Waals surface area contributed by atoms with Gasteiger partial charge in [0.05, 0.1) is 0 Å². The van der Waals surface area contributed by atoms with Crippen molar-refractivity contribution in [2.45, 2.75) is 6.92 Å². The predicted octanol–water partition coefficient (Wildman–Crippen LogP) is 0.0306. The van der Waals surface area contributed by atoms with E-state index < -0.39 is 0 Å². The van der Waals surface area contributed by atoms with Crippen molar-refractivity contribution in [2.24, 2.45) is 4.01 Å². The fraction of sp³-hybridized carbons (Fsp3) is 0.286. The normalized spacial score (nSPS) is 19.1. The summed E-state index contributed by atoms with van der Waals surface area (Å²) in [6.07, 6.45) is 0. The molecule has 1 aromatic heterocycles. The van der Waals surface area contributed by atoms with E-state index in [1.54, 1.807) is 0 Å². The number of nitrogens with zero attached hydrogens (tertiary/aromatic N) is 3. The molecular formula is C7H5BrN3Se4+. The van der Waals surface area contributed by atoms with E-state index in [4.69, 9.17) is 0 Å². The maximum atomic E-state index is 4.69. The molecule has 15 heavy (non-hydrogen) atoms. The molecule has 0 saturated heterocycles. The van der Waals surface area contributed by atoms with E-state index in [2.05, 4.69) is 35.7 Å². The van der Waals surface area contributed by atoms with Crippen LogP contribution in [-0.2, 0) is 0 Å². The SMILES string of the molecule is CCN1C2=N[Se][Se]C2=C(Br)c2[se+][se]nc21. The Morgan fingerprint density at radius 1 is 1.53 bits per heavy atom. The Balaban J connectivity index is 2.25. The zero-order valence-corrected chi connectivity index (χ0v) is 16.0. The van der Waals surface area contributed by atoms with E-state index >= 15 is 0 Å². The van der Waals surface area contributed by atoms with Gasteiger partial charge in [0.15, 0.2) is 0 Å². The number of hydrogen-bond donors (Lipinski definition) is 0. The van der Waals surface area contributed by atoms with Crippen LogP contribution in [0.5, 0.6) is 0 Å². The van der Waals surface area contributed by atoms with Crippen molar-refractivity contribution in [2.75, 3.05) is 11.4 Å². The number of hydrogen-bond acceptors (Lipinski definition) is 3. The van der Waals surface area contributed by atoms with Gasteiger partial charge in [0, 0.05) is 0 Å². The molecular weight excluding hydrogens is 522 g/mol. The van der Waals surface area contributed by atoms with Crippen LogP contribution in [0.3, 0.4) is 0 Å². The Kier molecular flexibility index (Phi) is 3.44. The molecule has 3 heterocycles. The molecule has 8 heteroatoms. The molecule has 0 fully saturated rings. The second-order valence-electron chi connectivity index (χ2n) is 2.86. The molecule has 0 N–H and O–H groups in total. The molecule has 1 aromatic rings. The number of likely N-dealkylation sites (N-methyl/N-ethyl adjacent to an activating group) is 1. The summed E-state index contributed by atoms with van der Waals surface area (Å²) in [4.78, 5) is 2.32. The van der Waals surface area contributed by atoms with Crippen molar-refractivity contribution in [1.82, 2.24) is 3.98 Å². The van der Waals surface area contributed by atoms with Gasteiger partial charge in [-0.2, -0.15) is 0 Å². The van der Waals surface area contributed by atoms with E-state index in [1.807, 2.05) is 0 Å². The fourth-order valence-corrected chi connectivity index (χ4v) is 16.8. The molecule has 0 atom stereocenters. The van der Waals surface area contributed by atoms with Gasteiger partial charge in [-0.05, 0) is 0 Å². The fourth-order valence-electron chi connectivity index (χ4n) is 1.46. The molecule has 0 radical (unpaired) electrons. The number of aromatic nitrogens is 1. The van der Waals surface area contributed by atoms with Gasteiger partial charge >= 0.3 is 119 Å². The van der Waals surface area contributed by atoms with Crippen LogP contribution in [0.15, 0.2) is 8.48 Å². The van der Waals surface area contributed by atoms with Crippen LogP contribution in [0.1, 0.15) is 11.4 Å². The first-order chi connectivity index (χ1) is 7.33. The molecule has 3 nitrogen and oxygen atoms in total. The van der Waals surface area contributed by atoms with Crippen LogP contribution in [0.4, 0.5) is 5.82 Å². The third-order valence-corrected chi connectivity index (χ3v) is 14.7. The number of rotatable bonds is 1. The Bertz CT molecular complexity index is 480. The van der Waals surface area contributed by atoms with Gasteiger partial charge in [-0.1, -0.05) is 0 Å². The first-order valence-corrected chi connectivity index (χ1v) is 16.9. The monoisotopic (exact) mass is 530 g/mol. The Labute approximate surface area is 118 Å². The molecule has 0 saturated carbocycles. The zero-order chi connectivity index (χ0) is 10.4. The van der Waals surface area contributed by atoms with Crippen molar-refractivity contribution >= 4 is 84.0 Å². The van der Waals surface area contributed by atoms with Gasteiger partial charge in [0.25, 0.3) is 0 Å². The van der Waals surface area contributed by atoms with Crippen LogP contribution < -0.4 is 4.90 Å². The van der Waals surface area contributed by atoms with Gasteiger partial charge in [-0.25, -0.2) is 0 Å². The number of amidine groups is 1. The first-order valence-electron chi connectivity index (χ1n) is 4.21. The first kappa shape index (κ1) is 11.4. The van der Waals surface area contributed by atoms with Gasteiger partial charge in [-0.15, -0.1) is 0 Å². The molecule has 3 rings (SSSR count). The van der Waals surface area contributed by atoms with Crippen LogP contribution >= 0.6 is 15.9 Å².